The van der Waals surface area contributed by atoms with Crippen molar-refractivity contribution in [3.05, 3.63) is 12.2 Å². The molecule has 1 aromatic heterocycles. The topological polar surface area (TPSA) is 42.7 Å². The van der Waals surface area contributed by atoms with Crippen molar-refractivity contribution < 1.29 is 0 Å². The fourth-order valence-corrected chi connectivity index (χ4v) is 1.29. The zero-order valence-electron chi connectivity index (χ0n) is 10.2. The van der Waals surface area contributed by atoms with Crippen LogP contribution in [0.15, 0.2) is 6.33 Å². The Balaban J connectivity index is 2.50. The highest BCUT2D eigenvalue weighted by Gasteiger charge is 2.11. The van der Waals surface area contributed by atoms with E-state index in [1.807, 2.05) is 4.68 Å². The Morgan fingerprint density at radius 1 is 1.40 bits per heavy atom. The lowest BCUT2D eigenvalue weighted by atomic mass is 9.92. The minimum absolute atomic E-state index is 0.349. The number of rotatable bonds is 5. The van der Waals surface area contributed by atoms with E-state index < -0.39 is 0 Å². The molecule has 0 amide bonds. The van der Waals surface area contributed by atoms with E-state index in [4.69, 9.17) is 0 Å². The monoisotopic (exact) mass is 210 g/mol. The van der Waals surface area contributed by atoms with E-state index in [0.717, 1.165) is 31.9 Å². The quantitative estimate of drug-likeness (QED) is 0.806. The summed E-state index contributed by atoms with van der Waals surface area (Å²) >= 11 is 0. The summed E-state index contributed by atoms with van der Waals surface area (Å²) in [5, 5.41) is 7.50. The van der Waals surface area contributed by atoms with E-state index in [2.05, 4.69) is 43.1 Å². The van der Waals surface area contributed by atoms with Crippen LogP contribution in [0.3, 0.4) is 0 Å². The first-order valence-corrected chi connectivity index (χ1v) is 5.60. The SMILES string of the molecule is CCNCc1ncnn1CCC(C)(C)C. The van der Waals surface area contributed by atoms with Gasteiger partial charge in [-0.3, -0.25) is 0 Å². The maximum Gasteiger partial charge on any atom is 0.140 e. The number of nitrogens with one attached hydrogen (secondary N) is 1. The molecule has 15 heavy (non-hydrogen) atoms. The van der Waals surface area contributed by atoms with Gasteiger partial charge in [0.05, 0.1) is 6.54 Å². The van der Waals surface area contributed by atoms with Gasteiger partial charge in [-0.05, 0) is 18.4 Å². The van der Waals surface area contributed by atoms with Crippen molar-refractivity contribution in [2.24, 2.45) is 5.41 Å². The Morgan fingerprint density at radius 2 is 2.13 bits per heavy atom. The molecule has 86 valence electrons. The van der Waals surface area contributed by atoms with Gasteiger partial charge in [0, 0.05) is 6.54 Å². The van der Waals surface area contributed by atoms with Gasteiger partial charge in [0.2, 0.25) is 0 Å². The summed E-state index contributed by atoms with van der Waals surface area (Å²) in [5.41, 5.74) is 0.349. The number of nitrogens with zero attached hydrogens (tertiary/aromatic N) is 3. The van der Waals surface area contributed by atoms with Crippen LogP contribution in [0.2, 0.25) is 0 Å². The lowest BCUT2D eigenvalue weighted by Gasteiger charge is -2.18. The van der Waals surface area contributed by atoms with E-state index in [9.17, 15) is 0 Å². The van der Waals surface area contributed by atoms with Crippen LogP contribution >= 0.6 is 0 Å². The Hall–Kier alpha value is -0.900. The highest BCUT2D eigenvalue weighted by atomic mass is 15.3. The van der Waals surface area contributed by atoms with Crippen molar-refractivity contribution in [1.82, 2.24) is 20.1 Å². The molecule has 1 heterocycles. The largest absolute Gasteiger partial charge is 0.310 e. The molecule has 0 aliphatic heterocycles. The van der Waals surface area contributed by atoms with Gasteiger partial charge in [-0.25, -0.2) is 9.67 Å². The first kappa shape index (κ1) is 12.2. The summed E-state index contributed by atoms with van der Waals surface area (Å²) < 4.78 is 1.99. The Labute approximate surface area is 92.1 Å². The van der Waals surface area contributed by atoms with Crippen LogP contribution in [0.4, 0.5) is 0 Å². The molecule has 0 fully saturated rings. The van der Waals surface area contributed by atoms with Crippen LogP contribution < -0.4 is 5.32 Å². The molecule has 1 N–H and O–H groups in total. The first-order chi connectivity index (χ1) is 7.03. The van der Waals surface area contributed by atoms with Gasteiger partial charge >= 0.3 is 0 Å². The van der Waals surface area contributed by atoms with Gasteiger partial charge in [0.15, 0.2) is 0 Å². The average molecular weight is 210 g/mol. The standard InChI is InChI=1S/C11H22N4/c1-5-12-8-10-13-9-14-15(10)7-6-11(2,3)4/h9,12H,5-8H2,1-4H3. The van der Waals surface area contributed by atoms with Crippen molar-refractivity contribution in [3.8, 4) is 0 Å². The Morgan fingerprint density at radius 3 is 2.73 bits per heavy atom. The zero-order valence-corrected chi connectivity index (χ0v) is 10.2. The van der Waals surface area contributed by atoms with Crippen LogP contribution in [-0.4, -0.2) is 21.3 Å². The molecule has 0 saturated carbocycles. The van der Waals surface area contributed by atoms with E-state index >= 15 is 0 Å². The fourth-order valence-electron chi connectivity index (χ4n) is 1.29. The normalized spacial score (nSPS) is 12.0. The van der Waals surface area contributed by atoms with Gasteiger partial charge in [0.25, 0.3) is 0 Å². The average Bonchev–Trinajstić information content (AvgIpc) is 2.57. The summed E-state index contributed by atoms with van der Waals surface area (Å²) in [4.78, 5) is 4.24. The summed E-state index contributed by atoms with van der Waals surface area (Å²) in [7, 11) is 0. The first-order valence-electron chi connectivity index (χ1n) is 5.60. The van der Waals surface area contributed by atoms with Gasteiger partial charge < -0.3 is 5.32 Å². The fraction of sp³-hybridized carbons (Fsp3) is 0.818. The molecule has 0 saturated heterocycles. The van der Waals surface area contributed by atoms with Gasteiger partial charge in [-0.15, -0.1) is 0 Å². The molecule has 4 nitrogen and oxygen atoms in total. The molecule has 0 atom stereocenters. The zero-order chi connectivity index (χ0) is 11.3. The van der Waals surface area contributed by atoms with Crippen molar-refractivity contribution in [2.75, 3.05) is 6.54 Å². The van der Waals surface area contributed by atoms with Crippen LogP contribution in [0, 0.1) is 5.41 Å². The van der Waals surface area contributed by atoms with E-state index in [1.54, 1.807) is 6.33 Å². The lowest BCUT2D eigenvalue weighted by Crippen LogP contribution is -2.19. The van der Waals surface area contributed by atoms with Crippen LogP contribution in [0.5, 0.6) is 0 Å². The minimum Gasteiger partial charge on any atom is -0.310 e. The number of aromatic nitrogens is 3. The molecule has 4 heteroatoms. The molecule has 0 aromatic carbocycles. The van der Waals surface area contributed by atoms with E-state index in [1.165, 1.54) is 0 Å². The van der Waals surface area contributed by atoms with E-state index in [-0.39, 0.29) is 0 Å². The molecule has 0 unspecified atom stereocenters. The smallest absolute Gasteiger partial charge is 0.140 e. The molecular formula is C11H22N4. The maximum atomic E-state index is 4.24. The molecule has 0 aliphatic rings. The van der Waals surface area contributed by atoms with Crippen LogP contribution in [0.25, 0.3) is 0 Å². The molecule has 1 aromatic rings. The van der Waals surface area contributed by atoms with Gasteiger partial charge in [-0.2, -0.15) is 5.10 Å². The van der Waals surface area contributed by atoms with E-state index in [0.29, 0.717) is 5.41 Å². The number of hydrogen-bond acceptors (Lipinski definition) is 3. The van der Waals surface area contributed by atoms with Gasteiger partial charge in [-0.1, -0.05) is 27.7 Å². The van der Waals surface area contributed by atoms with Crippen molar-refractivity contribution >= 4 is 0 Å². The maximum absolute atomic E-state index is 4.24. The predicted molar refractivity (Wildman–Crippen MR) is 61.5 cm³/mol. The Kier molecular flexibility index (Phi) is 4.27. The third-order valence-electron chi connectivity index (χ3n) is 2.30. The second-order valence-electron chi connectivity index (χ2n) is 4.99. The molecule has 0 bridgehead atoms. The molecular weight excluding hydrogens is 188 g/mol. The summed E-state index contributed by atoms with van der Waals surface area (Å²) in [6.07, 6.45) is 2.75. The molecule has 0 radical (unpaired) electrons. The summed E-state index contributed by atoms with van der Waals surface area (Å²) in [5.74, 6) is 1.03. The highest BCUT2D eigenvalue weighted by Crippen LogP contribution is 2.19. The van der Waals surface area contributed by atoms with Gasteiger partial charge in [0.1, 0.15) is 12.2 Å². The Bertz CT molecular complexity index is 285. The third kappa shape index (κ3) is 4.42. The number of hydrogen-bond donors (Lipinski definition) is 1. The third-order valence-corrected chi connectivity index (χ3v) is 2.30. The second-order valence-corrected chi connectivity index (χ2v) is 4.99. The molecule has 0 aliphatic carbocycles. The lowest BCUT2D eigenvalue weighted by molar-refractivity contribution is 0.336. The summed E-state index contributed by atoms with van der Waals surface area (Å²) in [6.45, 7) is 11.5. The van der Waals surface area contributed by atoms with Crippen LogP contribution in [-0.2, 0) is 13.1 Å². The highest BCUT2D eigenvalue weighted by molar-refractivity contribution is 4.84. The van der Waals surface area contributed by atoms with Crippen molar-refractivity contribution in [3.63, 3.8) is 0 Å². The summed E-state index contributed by atoms with van der Waals surface area (Å²) in [6, 6.07) is 0. The number of aryl methyl sites for hydroxylation is 1. The van der Waals surface area contributed by atoms with Crippen LogP contribution in [0.1, 0.15) is 39.9 Å². The molecule has 1 rings (SSSR count). The minimum atomic E-state index is 0.349. The van der Waals surface area contributed by atoms with Crippen molar-refractivity contribution in [2.45, 2.75) is 47.2 Å². The van der Waals surface area contributed by atoms with Crippen molar-refractivity contribution in [1.29, 1.82) is 0 Å². The predicted octanol–water partition coefficient (Wildman–Crippen LogP) is 1.82. The second kappa shape index (κ2) is 5.26. The molecule has 0 spiro atoms.